The molecule has 1 aromatic rings. The zero-order chi connectivity index (χ0) is 12.4. The average Bonchev–Trinajstić information content (AvgIpc) is 2.77. The molecule has 1 aliphatic heterocycles. The summed E-state index contributed by atoms with van der Waals surface area (Å²) in [4.78, 5) is 27.7. The van der Waals surface area contributed by atoms with Crippen molar-refractivity contribution in [2.75, 3.05) is 6.54 Å². The first kappa shape index (κ1) is 11.5. The Labute approximate surface area is 96.9 Å². The molecular formula is C11H11FN2O3. The minimum absolute atomic E-state index is 0.0816. The molecule has 1 N–H and O–H groups in total. The first-order chi connectivity index (χ1) is 8.09. The van der Waals surface area contributed by atoms with E-state index in [1.54, 1.807) is 0 Å². The van der Waals surface area contributed by atoms with Crippen molar-refractivity contribution in [2.24, 2.45) is 0 Å². The summed E-state index contributed by atoms with van der Waals surface area (Å²) < 4.78 is 12.9. The van der Waals surface area contributed by atoms with Crippen molar-refractivity contribution in [3.05, 3.63) is 29.8 Å². The molecule has 0 aliphatic carbocycles. The summed E-state index contributed by atoms with van der Waals surface area (Å²) in [6, 6.07) is 0.248. The Morgan fingerprint density at radius 1 is 1.47 bits per heavy atom. The zero-order valence-corrected chi connectivity index (χ0v) is 8.97. The summed E-state index contributed by atoms with van der Waals surface area (Å²) in [5.74, 6) is -2.12. The molecule has 0 saturated carbocycles. The van der Waals surface area contributed by atoms with E-state index in [0.29, 0.717) is 19.4 Å². The molecular weight excluding hydrogens is 227 g/mol. The van der Waals surface area contributed by atoms with Crippen molar-refractivity contribution < 1.29 is 19.1 Å². The molecule has 5 nitrogen and oxygen atoms in total. The average molecular weight is 238 g/mol. The number of pyridine rings is 1. The van der Waals surface area contributed by atoms with Gasteiger partial charge in [-0.05, 0) is 18.9 Å². The Bertz CT molecular complexity index is 464. The fourth-order valence-corrected chi connectivity index (χ4v) is 1.96. The fraction of sp³-hybridized carbons (Fsp3) is 0.364. The van der Waals surface area contributed by atoms with Crippen LogP contribution in [0.25, 0.3) is 0 Å². The van der Waals surface area contributed by atoms with Gasteiger partial charge >= 0.3 is 5.97 Å². The number of amides is 1. The van der Waals surface area contributed by atoms with E-state index in [1.807, 2.05) is 0 Å². The molecule has 1 atom stereocenters. The molecule has 0 aromatic carbocycles. The van der Waals surface area contributed by atoms with Crippen molar-refractivity contribution in [3.63, 3.8) is 0 Å². The van der Waals surface area contributed by atoms with Crippen LogP contribution in [0.15, 0.2) is 18.5 Å². The van der Waals surface area contributed by atoms with Crippen molar-refractivity contribution in [2.45, 2.75) is 18.9 Å². The van der Waals surface area contributed by atoms with Crippen molar-refractivity contribution >= 4 is 11.9 Å². The lowest BCUT2D eigenvalue weighted by Gasteiger charge is -2.21. The van der Waals surface area contributed by atoms with Crippen molar-refractivity contribution in [1.29, 1.82) is 0 Å². The van der Waals surface area contributed by atoms with Crippen LogP contribution < -0.4 is 0 Å². The number of aliphatic carboxylic acids is 1. The van der Waals surface area contributed by atoms with Crippen LogP contribution in [-0.2, 0) is 4.79 Å². The SMILES string of the molecule is O=C(O)C1CCCN1C(=O)c1cncc(F)c1. The third kappa shape index (κ3) is 2.25. The highest BCUT2D eigenvalue weighted by molar-refractivity contribution is 5.96. The van der Waals surface area contributed by atoms with Gasteiger partial charge in [0.2, 0.25) is 0 Å². The second-order valence-electron chi connectivity index (χ2n) is 3.89. The van der Waals surface area contributed by atoms with E-state index in [0.717, 1.165) is 12.3 Å². The maximum Gasteiger partial charge on any atom is 0.326 e. The predicted molar refractivity (Wildman–Crippen MR) is 55.9 cm³/mol. The molecule has 2 heterocycles. The lowest BCUT2D eigenvalue weighted by Crippen LogP contribution is -2.40. The van der Waals surface area contributed by atoms with Crippen LogP contribution >= 0.6 is 0 Å². The summed E-state index contributed by atoms with van der Waals surface area (Å²) in [6.45, 7) is 0.381. The monoisotopic (exact) mass is 238 g/mol. The second kappa shape index (κ2) is 4.48. The van der Waals surface area contributed by atoms with Gasteiger partial charge in [-0.15, -0.1) is 0 Å². The normalized spacial score (nSPS) is 19.4. The van der Waals surface area contributed by atoms with Crippen LogP contribution in [0.2, 0.25) is 0 Å². The number of carboxylic acid groups (broad SMARTS) is 1. The molecule has 1 unspecified atom stereocenters. The Hall–Kier alpha value is -1.98. The fourth-order valence-electron chi connectivity index (χ4n) is 1.96. The summed E-state index contributed by atoms with van der Waals surface area (Å²) in [6.07, 6.45) is 3.31. The van der Waals surface area contributed by atoms with E-state index in [1.165, 1.54) is 11.1 Å². The van der Waals surface area contributed by atoms with Crippen molar-refractivity contribution in [3.8, 4) is 0 Å². The minimum Gasteiger partial charge on any atom is -0.480 e. The molecule has 90 valence electrons. The van der Waals surface area contributed by atoms with Crippen LogP contribution in [0.3, 0.4) is 0 Å². The lowest BCUT2D eigenvalue weighted by molar-refractivity contribution is -0.141. The van der Waals surface area contributed by atoms with E-state index in [4.69, 9.17) is 5.11 Å². The number of carboxylic acids is 1. The molecule has 1 aliphatic rings. The topological polar surface area (TPSA) is 70.5 Å². The molecule has 1 aromatic heterocycles. The second-order valence-corrected chi connectivity index (χ2v) is 3.89. The maximum atomic E-state index is 12.9. The molecule has 1 fully saturated rings. The lowest BCUT2D eigenvalue weighted by atomic mass is 10.2. The Balaban J connectivity index is 2.23. The summed E-state index contributed by atoms with van der Waals surface area (Å²) in [5.41, 5.74) is 0.0816. The first-order valence-electron chi connectivity index (χ1n) is 5.24. The highest BCUT2D eigenvalue weighted by Crippen LogP contribution is 2.20. The van der Waals surface area contributed by atoms with E-state index >= 15 is 0 Å². The number of carbonyl (C=O) groups is 2. The number of aromatic nitrogens is 1. The number of rotatable bonds is 2. The van der Waals surface area contributed by atoms with Gasteiger partial charge in [0.05, 0.1) is 11.8 Å². The van der Waals surface area contributed by atoms with Crippen LogP contribution in [0.1, 0.15) is 23.2 Å². The van der Waals surface area contributed by atoms with Gasteiger partial charge < -0.3 is 10.0 Å². The predicted octanol–water partition coefficient (Wildman–Crippen LogP) is 0.910. The number of carbonyl (C=O) groups excluding carboxylic acids is 1. The van der Waals surface area contributed by atoms with Gasteiger partial charge in [-0.1, -0.05) is 0 Å². The Morgan fingerprint density at radius 3 is 2.88 bits per heavy atom. The number of hydrogen-bond acceptors (Lipinski definition) is 3. The molecule has 6 heteroatoms. The third-order valence-corrected chi connectivity index (χ3v) is 2.75. The number of halogens is 1. The quantitative estimate of drug-likeness (QED) is 0.831. The van der Waals surface area contributed by atoms with Crippen LogP contribution in [0.5, 0.6) is 0 Å². The molecule has 1 amide bonds. The molecule has 17 heavy (non-hydrogen) atoms. The van der Waals surface area contributed by atoms with Gasteiger partial charge in [-0.3, -0.25) is 9.78 Å². The van der Waals surface area contributed by atoms with E-state index in [9.17, 15) is 14.0 Å². The van der Waals surface area contributed by atoms with Gasteiger partial charge in [-0.2, -0.15) is 0 Å². The third-order valence-electron chi connectivity index (χ3n) is 2.75. The Morgan fingerprint density at radius 2 is 2.24 bits per heavy atom. The molecule has 0 bridgehead atoms. The number of hydrogen-bond donors (Lipinski definition) is 1. The number of nitrogens with zero attached hydrogens (tertiary/aromatic N) is 2. The van der Waals surface area contributed by atoms with E-state index in [-0.39, 0.29) is 5.56 Å². The molecule has 0 radical (unpaired) electrons. The van der Waals surface area contributed by atoms with Crippen LogP contribution in [0.4, 0.5) is 4.39 Å². The first-order valence-corrected chi connectivity index (χ1v) is 5.24. The van der Waals surface area contributed by atoms with Gasteiger partial charge in [0.25, 0.3) is 5.91 Å². The standard InChI is InChI=1S/C11H11FN2O3/c12-8-4-7(5-13-6-8)10(15)14-3-1-2-9(14)11(16)17/h4-6,9H,1-3H2,(H,16,17). The van der Waals surface area contributed by atoms with E-state index < -0.39 is 23.7 Å². The smallest absolute Gasteiger partial charge is 0.326 e. The van der Waals surface area contributed by atoms with Gasteiger partial charge in [0.15, 0.2) is 0 Å². The largest absolute Gasteiger partial charge is 0.480 e. The van der Waals surface area contributed by atoms with Gasteiger partial charge in [-0.25, -0.2) is 9.18 Å². The Kier molecular flexibility index (Phi) is 3.03. The zero-order valence-electron chi connectivity index (χ0n) is 8.97. The summed E-state index contributed by atoms with van der Waals surface area (Å²) in [7, 11) is 0. The maximum absolute atomic E-state index is 12.9. The summed E-state index contributed by atoms with van der Waals surface area (Å²) >= 11 is 0. The van der Waals surface area contributed by atoms with Crippen molar-refractivity contribution in [1.82, 2.24) is 9.88 Å². The summed E-state index contributed by atoms with van der Waals surface area (Å²) in [5, 5.41) is 8.95. The number of likely N-dealkylation sites (tertiary alicyclic amines) is 1. The minimum atomic E-state index is -1.03. The highest BCUT2D eigenvalue weighted by atomic mass is 19.1. The molecule has 2 rings (SSSR count). The molecule has 1 saturated heterocycles. The van der Waals surface area contributed by atoms with Gasteiger partial charge in [0, 0.05) is 12.7 Å². The van der Waals surface area contributed by atoms with Crippen LogP contribution in [-0.4, -0.2) is 39.5 Å². The van der Waals surface area contributed by atoms with Crippen LogP contribution in [0, 0.1) is 5.82 Å². The highest BCUT2D eigenvalue weighted by Gasteiger charge is 2.34. The molecule has 0 spiro atoms. The van der Waals surface area contributed by atoms with E-state index in [2.05, 4.69) is 4.98 Å². The van der Waals surface area contributed by atoms with Gasteiger partial charge in [0.1, 0.15) is 11.9 Å².